The number of esters is 1. The van der Waals surface area contributed by atoms with Crippen molar-refractivity contribution >= 4 is 40.1 Å². The highest BCUT2D eigenvalue weighted by Crippen LogP contribution is 2.41. The number of thiophene rings is 1. The molecule has 0 atom stereocenters. The van der Waals surface area contributed by atoms with Crippen molar-refractivity contribution in [3.63, 3.8) is 0 Å². The number of likely N-dealkylation sites (N-methyl/N-ethyl adjacent to an activating group) is 1. The Morgan fingerprint density at radius 1 is 1.03 bits per heavy atom. The van der Waals surface area contributed by atoms with E-state index in [9.17, 15) is 4.79 Å². The SMILES string of the molecule is COC(=O)c1sc(-c2ccccc2)cc1C1=C(c2ccc(Cl)cc2)CN(C)CC1. The van der Waals surface area contributed by atoms with Gasteiger partial charge in [0.25, 0.3) is 0 Å². The molecule has 2 aromatic carbocycles. The molecule has 1 aliphatic heterocycles. The summed E-state index contributed by atoms with van der Waals surface area (Å²) in [4.78, 5) is 16.6. The van der Waals surface area contributed by atoms with Crippen LogP contribution < -0.4 is 0 Å². The lowest BCUT2D eigenvalue weighted by atomic mass is 9.89. The number of hydrogen-bond acceptors (Lipinski definition) is 4. The van der Waals surface area contributed by atoms with Crippen LogP contribution in [0, 0.1) is 0 Å². The van der Waals surface area contributed by atoms with Gasteiger partial charge in [-0.05, 0) is 53.9 Å². The molecule has 4 rings (SSSR count). The molecule has 2 heterocycles. The summed E-state index contributed by atoms with van der Waals surface area (Å²) < 4.78 is 5.12. The van der Waals surface area contributed by atoms with Crippen LogP contribution in [-0.4, -0.2) is 38.1 Å². The molecule has 1 aliphatic rings. The first-order chi connectivity index (χ1) is 14.1. The second-order valence-electron chi connectivity index (χ2n) is 7.16. The second kappa shape index (κ2) is 8.54. The van der Waals surface area contributed by atoms with E-state index in [1.165, 1.54) is 29.6 Å². The quantitative estimate of drug-likeness (QED) is 0.475. The summed E-state index contributed by atoms with van der Waals surface area (Å²) in [6.07, 6.45) is 0.878. The van der Waals surface area contributed by atoms with Gasteiger partial charge < -0.3 is 9.64 Å². The van der Waals surface area contributed by atoms with E-state index < -0.39 is 0 Å². The van der Waals surface area contributed by atoms with Crippen LogP contribution in [0.3, 0.4) is 0 Å². The molecule has 0 aliphatic carbocycles. The minimum atomic E-state index is -0.283. The van der Waals surface area contributed by atoms with Crippen molar-refractivity contribution in [1.29, 1.82) is 0 Å². The monoisotopic (exact) mass is 423 g/mol. The van der Waals surface area contributed by atoms with Gasteiger partial charge in [-0.1, -0.05) is 54.1 Å². The van der Waals surface area contributed by atoms with E-state index >= 15 is 0 Å². The van der Waals surface area contributed by atoms with E-state index in [1.807, 2.05) is 30.3 Å². The predicted octanol–water partition coefficient (Wildman–Crippen LogP) is 6.10. The van der Waals surface area contributed by atoms with Gasteiger partial charge in [0.15, 0.2) is 0 Å². The number of methoxy groups -OCH3 is 1. The van der Waals surface area contributed by atoms with Gasteiger partial charge in [0.05, 0.1) is 7.11 Å². The van der Waals surface area contributed by atoms with Gasteiger partial charge >= 0.3 is 5.97 Å². The largest absolute Gasteiger partial charge is 0.465 e. The Morgan fingerprint density at radius 3 is 2.45 bits per heavy atom. The van der Waals surface area contributed by atoms with E-state index in [0.29, 0.717) is 4.88 Å². The molecule has 0 saturated carbocycles. The van der Waals surface area contributed by atoms with Crippen molar-refractivity contribution < 1.29 is 9.53 Å². The molecule has 0 spiro atoms. The van der Waals surface area contributed by atoms with Gasteiger partial charge in [-0.2, -0.15) is 0 Å². The lowest BCUT2D eigenvalue weighted by molar-refractivity contribution is 0.0606. The molecule has 5 heteroatoms. The van der Waals surface area contributed by atoms with Crippen LogP contribution in [0.4, 0.5) is 0 Å². The molecule has 0 radical (unpaired) electrons. The maximum atomic E-state index is 12.6. The van der Waals surface area contributed by atoms with E-state index in [2.05, 4.69) is 42.3 Å². The fraction of sp³-hybridized carbons (Fsp3) is 0.208. The summed E-state index contributed by atoms with van der Waals surface area (Å²) in [6.45, 7) is 1.78. The molecule has 1 aromatic heterocycles. The smallest absolute Gasteiger partial charge is 0.348 e. The van der Waals surface area contributed by atoms with Crippen LogP contribution in [0.5, 0.6) is 0 Å². The highest BCUT2D eigenvalue weighted by molar-refractivity contribution is 7.17. The number of rotatable bonds is 4. The van der Waals surface area contributed by atoms with E-state index in [0.717, 1.165) is 46.1 Å². The highest BCUT2D eigenvalue weighted by Gasteiger charge is 2.26. The van der Waals surface area contributed by atoms with Crippen molar-refractivity contribution in [2.24, 2.45) is 0 Å². The van der Waals surface area contributed by atoms with Crippen LogP contribution in [0.2, 0.25) is 5.02 Å². The first-order valence-corrected chi connectivity index (χ1v) is 10.7. The molecule has 0 N–H and O–H groups in total. The normalized spacial score (nSPS) is 14.9. The van der Waals surface area contributed by atoms with Crippen LogP contribution in [0.15, 0.2) is 60.7 Å². The van der Waals surface area contributed by atoms with Crippen molar-refractivity contribution in [3.05, 3.63) is 81.7 Å². The third kappa shape index (κ3) is 4.15. The molecular formula is C24H22ClNO2S. The predicted molar refractivity (Wildman–Crippen MR) is 121 cm³/mol. The summed E-state index contributed by atoms with van der Waals surface area (Å²) in [5.74, 6) is -0.283. The lowest BCUT2D eigenvalue weighted by Gasteiger charge is -2.28. The Hall–Kier alpha value is -2.40. The molecule has 0 bridgehead atoms. The van der Waals surface area contributed by atoms with Gasteiger partial charge in [-0.15, -0.1) is 11.3 Å². The number of halogens is 1. The zero-order chi connectivity index (χ0) is 20.4. The molecule has 3 nitrogen and oxygen atoms in total. The molecule has 0 saturated heterocycles. The molecule has 0 fully saturated rings. The van der Waals surface area contributed by atoms with Crippen molar-refractivity contribution in [1.82, 2.24) is 4.90 Å². The number of carbonyl (C=O) groups is 1. The number of benzene rings is 2. The fourth-order valence-corrected chi connectivity index (χ4v) is 4.95. The van der Waals surface area contributed by atoms with Gasteiger partial charge in [-0.3, -0.25) is 0 Å². The Morgan fingerprint density at radius 2 is 1.76 bits per heavy atom. The minimum Gasteiger partial charge on any atom is -0.465 e. The summed E-state index contributed by atoms with van der Waals surface area (Å²) in [7, 11) is 3.56. The Bertz CT molecular complexity index is 1050. The third-order valence-corrected chi connectivity index (χ3v) is 6.63. The molecule has 0 amide bonds. The topological polar surface area (TPSA) is 29.5 Å². The molecule has 29 heavy (non-hydrogen) atoms. The number of nitrogens with zero attached hydrogens (tertiary/aromatic N) is 1. The highest BCUT2D eigenvalue weighted by atomic mass is 35.5. The van der Waals surface area contributed by atoms with Crippen molar-refractivity contribution in [2.75, 3.05) is 27.2 Å². The van der Waals surface area contributed by atoms with Crippen molar-refractivity contribution in [2.45, 2.75) is 6.42 Å². The Balaban J connectivity index is 1.90. The van der Waals surface area contributed by atoms with E-state index in [1.54, 1.807) is 0 Å². The molecule has 0 unspecified atom stereocenters. The summed E-state index contributed by atoms with van der Waals surface area (Å²) in [5, 5.41) is 0.720. The zero-order valence-corrected chi connectivity index (χ0v) is 18.0. The fourth-order valence-electron chi connectivity index (χ4n) is 3.72. The molecule has 148 valence electrons. The minimum absolute atomic E-state index is 0.283. The summed E-state index contributed by atoms with van der Waals surface area (Å²) >= 11 is 7.60. The third-order valence-electron chi connectivity index (χ3n) is 5.21. The van der Waals surface area contributed by atoms with Crippen LogP contribution >= 0.6 is 22.9 Å². The first kappa shape index (κ1) is 19.9. The standard InChI is InChI=1S/C24H22ClNO2S/c1-26-13-12-19(21(15-26)16-8-10-18(25)11-9-16)20-14-22(17-6-4-3-5-7-17)29-23(20)24(27)28-2/h3-11,14H,12-13,15H2,1-2H3. The Labute approximate surface area is 180 Å². The van der Waals surface area contributed by atoms with Gasteiger partial charge in [0.2, 0.25) is 0 Å². The van der Waals surface area contributed by atoms with Gasteiger partial charge in [0.1, 0.15) is 4.88 Å². The maximum absolute atomic E-state index is 12.6. The van der Waals surface area contributed by atoms with E-state index in [4.69, 9.17) is 16.3 Å². The zero-order valence-electron chi connectivity index (χ0n) is 16.4. The molecular weight excluding hydrogens is 402 g/mol. The van der Waals surface area contributed by atoms with Gasteiger partial charge in [0, 0.05) is 28.6 Å². The maximum Gasteiger partial charge on any atom is 0.348 e. The van der Waals surface area contributed by atoms with Crippen molar-refractivity contribution in [3.8, 4) is 10.4 Å². The summed E-state index contributed by atoms with van der Waals surface area (Å²) in [6, 6.07) is 20.2. The Kier molecular flexibility index (Phi) is 5.86. The van der Waals surface area contributed by atoms with E-state index in [-0.39, 0.29) is 5.97 Å². The average molecular weight is 424 g/mol. The second-order valence-corrected chi connectivity index (χ2v) is 8.65. The molecule has 3 aromatic rings. The summed E-state index contributed by atoms with van der Waals surface area (Å²) in [5.41, 5.74) is 5.68. The van der Waals surface area contributed by atoms with Crippen LogP contribution in [0.25, 0.3) is 21.6 Å². The number of hydrogen-bond donors (Lipinski definition) is 0. The van der Waals surface area contributed by atoms with Crippen LogP contribution in [-0.2, 0) is 4.74 Å². The van der Waals surface area contributed by atoms with Crippen LogP contribution in [0.1, 0.15) is 27.2 Å². The lowest BCUT2D eigenvalue weighted by Crippen LogP contribution is -2.27. The van der Waals surface area contributed by atoms with Gasteiger partial charge in [-0.25, -0.2) is 4.79 Å². The first-order valence-electron chi connectivity index (χ1n) is 9.51. The average Bonchev–Trinajstić information content (AvgIpc) is 3.19. The number of carbonyl (C=O) groups excluding carboxylic acids is 1. The number of ether oxygens (including phenoxy) is 1.